The summed E-state index contributed by atoms with van der Waals surface area (Å²) >= 11 is 0. The molecule has 2 aromatic carbocycles. The average molecular weight is 453 g/mol. The van der Waals surface area contributed by atoms with E-state index in [-0.39, 0.29) is 42.8 Å². The molecule has 0 saturated carbocycles. The Balaban J connectivity index is 1.70. The molecule has 2 amide bonds. The van der Waals surface area contributed by atoms with E-state index >= 15 is 0 Å². The fourth-order valence-electron chi connectivity index (χ4n) is 4.42. The van der Waals surface area contributed by atoms with Crippen molar-refractivity contribution in [1.29, 1.82) is 0 Å². The third kappa shape index (κ3) is 4.93. The third-order valence-corrected chi connectivity index (χ3v) is 6.01. The van der Waals surface area contributed by atoms with Crippen LogP contribution in [0.3, 0.4) is 0 Å². The summed E-state index contributed by atoms with van der Waals surface area (Å²) in [4.78, 5) is 30.2. The van der Waals surface area contributed by atoms with Gasteiger partial charge in [0, 0.05) is 19.7 Å². The van der Waals surface area contributed by atoms with Gasteiger partial charge in [-0.2, -0.15) is 0 Å². The van der Waals surface area contributed by atoms with Gasteiger partial charge < -0.3 is 14.7 Å². The first kappa shape index (κ1) is 23.0. The molecule has 1 unspecified atom stereocenters. The summed E-state index contributed by atoms with van der Waals surface area (Å²) in [5.41, 5.74) is 2.05. The molecule has 0 aliphatic carbocycles. The SMILES string of the molecule is CC(C)Oc1ccc(C2=C(N3CCCC(CO)C3)C(=O)N(Cc3ccc(F)cc3)C2=O)cc1. The molecule has 0 aromatic heterocycles. The van der Waals surface area contributed by atoms with E-state index < -0.39 is 0 Å². The minimum atomic E-state index is -0.372. The van der Waals surface area contributed by atoms with E-state index in [1.54, 1.807) is 36.4 Å². The number of likely N-dealkylation sites (tertiary alicyclic amines) is 1. The Morgan fingerprint density at radius 1 is 1.06 bits per heavy atom. The highest BCUT2D eigenvalue weighted by Gasteiger charge is 2.42. The summed E-state index contributed by atoms with van der Waals surface area (Å²) in [5.74, 6) is -0.356. The molecule has 2 aliphatic heterocycles. The van der Waals surface area contributed by atoms with Gasteiger partial charge in [-0.3, -0.25) is 14.5 Å². The van der Waals surface area contributed by atoms with Gasteiger partial charge in [0.15, 0.2) is 0 Å². The number of aliphatic hydroxyl groups excluding tert-OH is 1. The number of hydrogen-bond donors (Lipinski definition) is 1. The van der Waals surface area contributed by atoms with Gasteiger partial charge in [-0.25, -0.2) is 4.39 Å². The molecule has 0 bridgehead atoms. The number of nitrogens with zero attached hydrogens (tertiary/aromatic N) is 2. The summed E-state index contributed by atoms with van der Waals surface area (Å²) < 4.78 is 19.0. The van der Waals surface area contributed by atoms with Crippen LogP contribution in [0.2, 0.25) is 0 Å². The van der Waals surface area contributed by atoms with Crippen molar-refractivity contribution in [1.82, 2.24) is 9.80 Å². The van der Waals surface area contributed by atoms with Crippen molar-refractivity contribution in [3.8, 4) is 5.75 Å². The predicted molar refractivity (Wildman–Crippen MR) is 122 cm³/mol. The van der Waals surface area contributed by atoms with E-state index in [9.17, 15) is 19.1 Å². The number of ether oxygens (including phenoxy) is 1. The highest BCUT2D eigenvalue weighted by Crippen LogP contribution is 2.35. The van der Waals surface area contributed by atoms with E-state index in [0.29, 0.717) is 41.2 Å². The second-order valence-corrected chi connectivity index (χ2v) is 8.87. The van der Waals surface area contributed by atoms with Crippen LogP contribution in [-0.2, 0) is 16.1 Å². The zero-order valence-electron chi connectivity index (χ0n) is 19.0. The number of carbonyl (C=O) groups excluding carboxylic acids is 2. The highest BCUT2D eigenvalue weighted by atomic mass is 19.1. The molecule has 33 heavy (non-hydrogen) atoms. The quantitative estimate of drug-likeness (QED) is 0.650. The largest absolute Gasteiger partial charge is 0.491 e. The van der Waals surface area contributed by atoms with E-state index in [2.05, 4.69) is 0 Å². The highest BCUT2D eigenvalue weighted by molar-refractivity contribution is 6.35. The summed E-state index contributed by atoms with van der Waals surface area (Å²) in [6, 6.07) is 13.0. The van der Waals surface area contributed by atoms with E-state index in [1.807, 2.05) is 18.7 Å². The van der Waals surface area contributed by atoms with Crippen LogP contribution in [0.15, 0.2) is 54.2 Å². The maximum absolute atomic E-state index is 13.5. The molecule has 174 valence electrons. The number of amides is 2. The molecule has 4 rings (SSSR count). The number of imide groups is 1. The monoisotopic (exact) mass is 452 g/mol. The number of rotatable bonds is 7. The predicted octanol–water partition coefficient (Wildman–Crippen LogP) is 3.60. The van der Waals surface area contributed by atoms with Crippen LogP contribution in [0.5, 0.6) is 5.75 Å². The fourth-order valence-corrected chi connectivity index (χ4v) is 4.42. The third-order valence-electron chi connectivity index (χ3n) is 6.01. The van der Waals surface area contributed by atoms with Gasteiger partial charge in [0.05, 0.1) is 18.2 Å². The second-order valence-electron chi connectivity index (χ2n) is 8.87. The van der Waals surface area contributed by atoms with Crippen LogP contribution >= 0.6 is 0 Å². The van der Waals surface area contributed by atoms with Gasteiger partial charge in [0.25, 0.3) is 11.8 Å². The van der Waals surface area contributed by atoms with Crippen LogP contribution in [0.4, 0.5) is 4.39 Å². The summed E-state index contributed by atoms with van der Waals surface area (Å²) in [6.07, 6.45) is 1.75. The molecule has 0 radical (unpaired) electrons. The zero-order chi connectivity index (χ0) is 23.5. The standard InChI is InChI=1S/C26H29FN2O4/c1-17(2)33-22-11-7-20(8-12-22)23-24(28-13-3-4-19(14-28)16-30)26(32)29(25(23)31)15-18-5-9-21(27)10-6-18/h5-12,17,19,30H,3-4,13-16H2,1-2H3. The van der Waals surface area contributed by atoms with Crippen LogP contribution in [-0.4, -0.2) is 52.5 Å². The molecule has 0 spiro atoms. The van der Waals surface area contributed by atoms with Crippen LogP contribution in [0, 0.1) is 11.7 Å². The van der Waals surface area contributed by atoms with E-state index in [4.69, 9.17) is 4.74 Å². The maximum atomic E-state index is 13.5. The first-order valence-corrected chi connectivity index (χ1v) is 11.3. The summed E-state index contributed by atoms with van der Waals surface area (Å²) in [5, 5.41) is 9.67. The minimum Gasteiger partial charge on any atom is -0.491 e. The number of carbonyl (C=O) groups is 2. The van der Waals surface area contributed by atoms with Crippen molar-refractivity contribution in [2.75, 3.05) is 19.7 Å². The molecule has 1 fully saturated rings. The lowest BCUT2D eigenvalue weighted by Gasteiger charge is -2.34. The second kappa shape index (κ2) is 9.75. The number of aliphatic hydroxyl groups is 1. The van der Waals surface area contributed by atoms with Crippen molar-refractivity contribution in [3.63, 3.8) is 0 Å². The van der Waals surface area contributed by atoms with Crippen LogP contribution in [0.1, 0.15) is 37.8 Å². The van der Waals surface area contributed by atoms with Gasteiger partial charge in [-0.05, 0) is 68.0 Å². The summed E-state index contributed by atoms with van der Waals surface area (Å²) in [7, 11) is 0. The van der Waals surface area contributed by atoms with E-state index in [1.165, 1.54) is 17.0 Å². The lowest BCUT2D eigenvalue weighted by molar-refractivity contribution is -0.138. The van der Waals surface area contributed by atoms with Gasteiger partial charge >= 0.3 is 0 Å². The molecular formula is C26H29FN2O4. The van der Waals surface area contributed by atoms with Crippen molar-refractivity contribution >= 4 is 17.4 Å². The van der Waals surface area contributed by atoms with Crippen molar-refractivity contribution in [3.05, 3.63) is 71.2 Å². The molecule has 1 saturated heterocycles. The maximum Gasteiger partial charge on any atom is 0.278 e. The first-order valence-electron chi connectivity index (χ1n) is 11.3. The fraction of sp³-hybridized carbons (Fsp3) is 0.385. The lowest BCUT2D eigenvalue weighted by atomic mass is 9.97. The van der Waals surface area contributed by atoms with Gasteiger partial charge in [-0.15, -0.1) is 0 Å². The molecule has 2 aromatic rings. The zero-order valence-corrected chi connectivity index (χ0v) is 19.0. The molecule has 7 heteroatoms. The number of halogens is 1. The Bertz CT molecular complexity index is 1050. The molecule has 2 aliphatic rings. The van der Waals surface area contributed by atoms with Crippen LogP contribution in [0.25, 0.3) is 5.57 Å². The Hall–Kier alpha value is -3.19. The minimum absolute atomic E-state index is 0.0234. The van der Waals surface area contributed by atoms with Crippen molar-refractivity contribution in [2.24, 2.45) is 5.92 Å². The molecule has 1 atom stereocenters. The topological polar surface area (TPSA) is 70.1 Å². The van der Waals surface area contributed by atoms with Gasteiger partial charge in [0.1, 0.15) is 17.3 Å². The van der Waals surface area contributed by atoms with Gasteiger partial charge in [-0.1, -0.05) is 24.3 Å². The number of benzene rings is 2. The molecule has 1 N–H and O–H groups in total. The van der Waals surface area contributed by atoms with Gasteiger partial charge in [0.2, 0.25) is 0 Å². The Kier molecular flexibility index (Phi) is 6.79. The van der Waals surface area contributed by atoms with E-state index in [0.717, 1.165) is 12.8 Å². The molecule has 2 heterocycles. The first-order chi connectivity index (χ1) is 15.9. The Labute approximate surface area is 193 Å². The molecule has 6 nitrogen and oxygen atoms in total. The normalized spacial score (nSPS) is 19.1. The Morgan fingerprint density at radius 3 is 2.39 bits per heavy atom. The average Bonchev–Trinajstić information content (AvgIpc) is 3.05. The molecular weight excluding hydrogens is 423 g/mol. The van der Waals surface area contributed by atoms with Crippen molar-refractivity contribution < 1.29 is 23.8 Å². The number of piperidine rings is 1. The number of hydrogen-bond acceptors (Lipinski definition) is 5. The summed E-state index contributed by atoms with van der Waals surface area (Å²) in [6.45, 7) is 5.16. The van der Waals surface area contributed by atoms with Crippen molar-refractivity contribution in [2.45, 2.75) is 39.3 Å². The smallest absolute Gasteiger partial charge is 0.278 e. The van der Waals surface area contributed by atoms with Crippen LogP contribution < -0.4 is 4.74 Å². The Morgan fingerprint density at radius 2 is 1.76 bits per heavy atom. The lowest BCUT2D eigenvalue weighted by Crippen LogP contribution is -2.40.